The summed E-state index contributed by atoms with van der Waals surface area (Å²) in [5.74, 6) is -0.0726. The minimum atomic E-state index is -0.569. The minimum Gasteiger partial charge on any atom is -0.294 e. The minimum absolute atomic E-state index is 0.0726. The van der Waals surface area contributed by atoms with E-state index in [1.807, 2.05) is 56.7 Å². The van der Waals surface area contributed by atoms with Gasteiger partial charge in [0.05, 0.1) is 16.8 Å². The molecule has 0 bridgehead atoms. The Balaban J connectivity index is 1.89. The number of thiophene rings is 1. The molecule has 0 saturated heterocycles. The van der Waals surface area contributed by atoms with Crippen molar-refractivity contribution in [1.29, 1.82) is 0 Å². The van der Waals surface area contributed by atoms with Gasteiger partial charge in [-0.25, -0.2) is 4.98 Å². The predicted octanol–water partition coefficient (Wildman–Crippen LogP) is 2.56. The van der Waals surface area contributed by atoms with Crippen LogP contribution in [0.2, 0.25) is 0 Å². The van der Waals surface area contributed by atoms with Crippen molar-refractivity contribution in [2.24, 2.45) is 5.41 Å². The number of nitrogens with zero attached hydrogens (tertiary/aromatic N) is 3. The molecule has 4 rings (SSSR count). The van der Waals surface area contributed by atoms with Gasteiger partial charge in [0.1, 0.15) is 10.3 Å². The maximum Gasteiger partial charge on any atom is 0.269 e. The zero-order valence-electron chi connectivity index (χ0n) is 18.3. The molecule has 4 aromatic heterocycles. The Hall–Kier alpha value is -3.10. The summed E-state index contributed by atoms with van der Waals surface area (Å²) in [6.07, 6.45) is 5.08. The normalized spacial score (nSPS) is 13.2. The lowest BCUT2D eigenvalue weighted by Crippen LogP contribution is -2.33. The first-order chi connectivity index (χ1) is 15.1. The predicted molar refractivity (Wildman–Crippen MR) is 130 cm³/mol. The number of ketones is 1. The second kappa shape index (κ2) is 8.44. The fraction of sp³-hybridized carbons (Fsp3) is 0.250. The van der Waals surface area contributed by atoms with Crippen LogP contribution in [0.25, 0.3) is 17.8 Å². The smallest absolute Gasteiger partial charge is 0.269 e. The molecule has 8 heteroatoms. The Morgan fingerprint density at radius 1 is 1.19 bits per heavy atom. The summed E-state index contributed by atoms with van der Waals surface area (Å²) in [7, 11) is 0. The zero-order valence-corrected chi connectivity index (χ0v) is 19.9. The van der Waals surface area contributed by atoms with Gasteiger partial charge < -0.3 is 0 Å². The highest BCUT2D eigenvalue weighted by Crippen LogP contribution is 2.15. The number of carbonyl (C=O) groups is 1. The fourth-order valence-corrected chi connectivity index (χ4v) is 4.79. The van der Waals surface area contributed by atoms with E-state index in [0.29, 0.717) is 20.5 Å². The van der Waals surface area contributed by atoms with Crippen molar-refractivity contribution in [1.82, 2.24) is 14.0 Å². The topological polar surface area (TPSA) is 73.4 Å². The lowest BCUT2D eigenvalue weighted by molar-refractivity contribution is -0.120. The fourth-order valence-electron chi connectivity index (χ4n) is 3.13. The number of Topliss-reactive ketones (excluding diaryl/α,β-unsaturated/α-hetero) is 1. The first-order valence-electron chi connectivity index (χ1n) is 10.1. The van der Waals surface area contributed by atoms with Gasteiger partial charge in [0.25, 0.3) is 11.1 Å². The molecular formula is C24H23N3O3S2. The van der Waals surface area contributed by atoms with Crippen molar-refractivity contribution in [3.05, 3.63) is 87.9 Å². The van der Waals surface area contributed by atoms with Crippen LogP contribution in [0, 0.1) is 12.3 Å². The summed E-state index contributed by atoms with van der Waals surface area (Å²) in [5, 5.41) is 3.91. The lowest BCUT2D eigenvalue weighted by atomic mass is 9.91. The van der Waals surface area contributed by atoms with E-state index in [2.05, 4.69) is 4.98 Å². The largest absolute Gasteiger partial charge is 0.294 e. The number of aromatic nitrogens is 3. The van der Waals surface area contributed by atoms with Gasteiger partial charge in [-0.05, 0) is 47.0 Å². The van der Waals surface area contributed by atoms with Gasteiger partial charge in [-0.2, -0.15) is 11.3 Å². The van der Waals surface area contributed by atoms with E-state index in [1.165, 1.54) is 32.4 Å². The van der Waals surface area contributed by atoms with Crippen LogP contribution in [0.4, 0.5) is 0 Å². The molecule has 0 fully saturated rings. The molecule has 0 aliphatic rings. The molecule has 0 spiro atoms. The third-order valence-corrected chi connectivity index (χ3v) is 6.71. The molecule has 4 heterocycles. The first-order valence-corrected chi connectivity index (χ1v) is 11.9. The Morgan fingerprint density at radius 3 is 2.66 bits per heavy atom. The van der Waals surface area contributed by atoms with E-state index >= 15 is 0 Å². The lowest BCUT2D eigenvalue weighted by Gasteiger charge is -2.13. The van der Waals surface area contributed by atoms with Crippen molar-refractivity contribution in [3.8, 4) is 0 Å². The van der Waals surface area contributed by atoms with Crippen LogP contribution >= 0.6 is 22.7 Å². The van der Waals surface area contributed by atoms with E-state index in [0.717, 1.165) is 11.1 Å². The van der Waals surface area contributed by atoms with Crippen molar-refractivity contribution in [3.63, 3.8) is 0 Å². The second-order valence-electron chi connectivity index (χ2n) is 8.68. The van der Waals surface area contributed by atoms with Gasteiger partial charge in [-0.1, -0.05) is 26.8 Å². The molecule has 0 unspecified atom stereocenters. The van der Waals surface area contributed by atoms with Gasteiger partial charge >= 0.3 is 0 Å². The monoisotopic (exact) mass is 465 g/mol. The van der Waals surface area contributed by atoms with Gasteiger partial charge in [-0.15, -0.1) is 11.3 Å². The molecule has 164 valence electrons. The number of carbonyl (C=O) groups excluding carboxylic acids is 1. The van der Waals surface area contributed by atoms with Crippen LogP contribution in [0.1, 0.15) is 37.6 Å². The van der Waals surface area contributed by atoms with Gasteiger partial charge in [-0.3, -0.25) is 23.4 Å². The molecule has 0 radical (unpaired) electrons. The number of fused-ring (bicyclic) bond motifs is 1. The third kappa shape index (κ3) is 4.56. The standard InChI is InChI=1S/C24H23N3O3S2/c1-15-5-6-20-25-17(10-21(29)26(20)12-15)13-27-22(11-19(28)24(2,3)4)32-18(23(27)30)9-16-7-8-31-14-16/h5-12,14H,13H2,1-4H3/b18-9+,22-11-. The summed E-state index contributed by atoms with van der Waals surface area (Å²) in [5.41, 5.74) is 1.89. The number of thiazole rings is 1. The van der Waals surface area contributed by atoms with Crippen molar-refractivity contribution >= 4 is 46.3 Å². The van der Waals surface area contributed by atoms with E-state index < -0.39 is 5.41 Å². The Bertz CT molecular complexity index is 1550. The number of hydrogen-bond donors (Lipinski definition) is 0. The van der Waals surface area contributed by atoms with Crippen LogP contribution in [0.5, 0.6) is 0 Å². The highest BCUT2D eigenvalue weighted by atomic mass is 32.1. The average Bonchev–Trinajstić information content (AvgIpc) is 3.32. The maximum atomic E-state index is 13.2. The Kier molecular flexibility index (Phi) is 5.83. The molecule has 32 heavy (non-hydrogen) atoms. The van der Waals surface area contributed by atoms with Crippen LogP contribution in [0.3, 0.4) is 0 Å². The molecule has 4 aromatic rings. The van der Waals surface area contributed by atoms with E-state index in [1.54, 1.807) is 23.6 Å². The number of hydrogen-bond acceptors (Lipinski definition) is 6. The summed E-state index contributed by atoms with van der Waals surface area (Å²) >= 11 is 2.82. The molecule has 0 aliphatic carbocycles. The highest BCUT2D eigenvalue weighted by Gasteiger charge is 2.20. The van der Waals surface area contributed by atoms with Crippen LogP contribution in [0.15, 0.2) is 50.8 Å². The van der Waals surface area contributed by atoms with Crippen LogP contribution < -0.4 is 20.3 Å². The van der Waals surface area contributed by atoms with Crippen LogP contribution in [-0.4, -0.2) is 19.7 Å². The Morgan fingerprint density at radius 2 is 1.97 bits per heavy atom. The average molecular weight is 466 g/mol. The second-order valence-corrected chi connectivity index (χ2v) is 10.5. The van der Waals surface area contributed by atoms with Crippen LogP contribution in [-0.2, 0) is 11.3 Å². The van der Waals surface area contributed by atoms with Crippen molar-refractivity contribution in [2.45, 2.75) is 34.2 Å². The summed E-state index contributed by atoms with van der Waals surface area (Å²) in [4.78, 5) is 43.1. The van der Waals surface area contributed by atoms with E-state index in [4.69, 9.17) is 0 Å². The molecule has 0 saturated carbocycles. The molecular weight excluding hydrogens is 442 g/mol. The summed E-state index contributed by atoms with van der Waals surface area (Å²) < 4.78 is 4.09. The maximum absolute atomic E-state index is 13.2. The van der Waals surface area contributed by atoms with Gasteiger partial charge in [0.15, 0.2) is 5.78 Å². The molecule has 0 aromatic carbocycles. The zero-order chi connectivity index (χ0) is 23.0. The molecule has 0 atom stereocenters. The van der Waals surface area contributed by atoms with E-state index in [9.17, 15) is 14.4 Å². The quantitative estimate of drug-likeness (QED) is 0.464. The molecule has 0 N–H and O–H groups in total. The molecule has 6 nitrogen and oxygen atoms in total. The number of rotatable bonds is 4. The number of aryl methyl sites for hydroxylation is 1. The molecule has 0 aliphatic heterocycles. The van der Waals surface area contributed by atoms with Crippen molar-refractivity contribution in [2.75, 3.05) is 0 Å². The number of pyridine rings is 1. The first kappa shape index (κ1) is 22.1. The SMILES string of the molecule is Cc1ccc2nc(Cn3c(=O)/c(=C\c4ccsc4)s/c3=C\C(=O)C(C)(C)C)cc(=O)n2c1. The summed E-state index contributed by atoms with van der Waals surface area (Å²) in [6, 6.07) is 7.04. The van der Waals surface area contributed by atoms with Crippen molar-refractivity contribution < 1.29 is 4.79 Å². The highest BCUT2D eigenvalue weighted by molar-refractivity contribution is 7.08. The van der Waals surface area contributed by atoms with E-state index in [-0.39, 0.29) is 23.4 Å². The molecule has 0 amide bonds. The summed E-state index contributed by atoms with van der Waals surface area (Å²) in [6.45, 7) is 7.54. The third-order valence-electron chi connectivity index (χ3n) is 4.95. The van der Waals surface area contributed by atoms with Gasteiger partial charge in [0, 0.05) is 23.8 Å². The van der Waals surface area contributed by atoms with Gasteiger partial charge in [0.2, 0.25) is 0 Å². The Labute approximate surface area is 192 Å².